The fourth-order valence-electron chi connectivity index (χ4n) is 1.24. The van der Waals surface area contributed by atoms with E-state index in [-0.39, 0.29) is 12.5 Å². The number of aliphatic hydroxyl groups is 1. The molecule has 0 saturated heterocycles. The van der Waals surface area contributed by atoms with E-state index < -0.39 is 0 Å². The van der Waals surface area contributed by atoms with Gasteiger partial charge >= 0.3 is 0 Å². The second kappa shape index (κ2) is 8.08. The Morgan fingerprint density at radius 3 is 2.88 bits per heavy atom. The summed E-state index contributed by atoms with van der Waals surface area (Å²) in [6.07, 6.45) is 4.14. The van der Waals surface area contributed by atoms with Gasteiger partial charge in [0.1, 0.15) is 0 Å². The second-order valence-corrected chi connectivity index (χ2v) is 4.94. The Morgan fingerprint density at radius 2 is 2.24 bits per heavy atom. The molecular weight excluding hydrogens is 236 g/mol. The van der Waals surface area contributed by atoms with Gasteiger partial charge in [0.2, 0.25) is 5.91 Å². The highest BCUT2D eigenvalue weighted by Gasteiger charge is 2.05. The molecule has 1 aromatic rings. The standard InChI is InChI=1S/C12H18N2O2S/c1-10(4-7-15)8-14-12(16)9-17-11-2-5-13-6-3-11/h2-3,5-6,10,15H,4,7-9H2,1H3,(H,14,16). The highest BCUT2D eigenvalue weighted by atomic mass is 32.2. The monoisotopic (exact) mass is 254 g/mol. The number of rotatable bonds is 7. The minimum absolute atomic E-state index is 0.0246. The van der Waals surface area contributed by atoms with E-state index >= 15 is 0 Å². The van der Waals surface area contributed by atoms with Crippen LogP contribution in [-0.2, 0) is 4.79 Å². The Hall–Kier alpha value is -1.07. The van der Waals surface area contributed by atoms with Crippen LogP contribution in [0.1, 0.15) is 13.3 Å². The van der Waals surface area contributed by atoms with Crippen LogP contribution in [0.15, 0.2) is 29.4 Å². The number of aliphatic hydroxyl groups excluding tert-OH is 1. The lowest BCUT2D eigenvalue weighted by atomic mass is 10.1. The number of hydrogen-bond donors (Lipinski definition) is 2. The van der Waals surface area contributed by atoms with Crippen LogP contribution < -0.4 is 5.32 Å². The van der Waals surface area contributed by atoms with Gasteiger partial charge in [-0.15, -0.1) is 11.8 Å². The van der Waals surface area contributed by atoms with Crippen LogP contribution in [0.3, 0.4) is 0 Å². The Labute approximate surface area is 106 Å². The third-order valence-electron chi connectivity index (χ3n) is 2.29. The van der Waals surface area contributed by atoms with Crippen molar-refractivity contribution >= 4 is 17.7 Å². The van der Waals surface area contributed by atoms with Gasteiger partial charge in [-0.25, -0.2) is 0 Å². The van der Waals surface area contributed by atoms with E-state index in [0.717, 1.165) is 11.3 Å². The third kappa shape index (κ3) is 6.28. The number of thioether (sulfide) groups is 1. The average Bonchev–Trinajstić information content (AvgIpc) is 2.35. The Bertz CT molecular complexity index is 333. The van der Waals surface area contributed by atoms with Gasteiger partial charge < -0.3 is 10.4 Å². The van der Waals surface area contributed by atoms with Crippen molar-refractivity contribution in [3.05, 3.63) is 24.5 Å². The highest BCUT2D eigenvalue weighted by molar-refractivity contribution is 8.00. The molecule has 0 spiro atoms. The molecule has 1 atom stereocenters. The largest absolute Gasteiger partial charge is 0.396 e. The van der Waals surface area contributed by atoms with Crippen LogP contribution in [0.25, 0.3) is 0 Å². The number of carbonyl (C=O) groups is 1. The molecular formula is C12H18N2O2S. The van der Waals surface area contributed by atoms with Gasteiger partial charge in [0.05, 0.1) is 5.75 Å². The van der Waals surface area contributed by atoms with Gasteiger partial charge in [0.15, 0.2) is 0 Å². The Balaban J connectivity index is 2.17. The topological polar surface area (TPSA) is 62.2 Å². The zero-order valence-electron chi connectivity index (χ0n) is 9.93. The Kier molecular flexibility index (Phi) is 6.65. The van der Waals surface area contributed by atoms with Crippen LogP contribution in [0.4, 0.5) is 0 Å². The summed E-state index contributed by atoms with van der Waals surface area (Å²) in [4.78, 5) is 16.5. The van der Waals surface area contributed by atoms with Crippen molar-refractivity contribution in [1.82, 2.24) is 10.3 Å². The van der Waals surface area contributed by atoms with Gasteiger partial charge in [0.25, 0.3) is 0 Å². The van der Waals surface area contributed by atoms with Gasteiger partial charge in [0, 0.05) is 30.4 Å². The number of nitrogens with zero attached hydrogens (tertiary/aromatic N) is 1. The fourth-order valence-corrected chi connectivity index (χ4v) is 1.96. The predicted molar refractivity (Wildman–Crippen MR) is 68.8 cm³/mol. The summed E-state index contributed by atoms with van der Waals surface area (Å²) in [6.45, 7) is 2.80. The van der Waals surface area contributed by atoms with Crippen molar-refractivity contribution in [2.45, 2.75) is 18.2 Å². The SMILES string of the molecule is CC(CCO)CNC(=O)CSc1ccncc1. The second-order valence-electron chi connectivity index (χ2n) is 3.89. The number of hydrogen-bond acceptors (Lipinski definition) is 4. The minimum Gasteiger partial charge on any atom is -0.396 e. The molecule has 1 unspecified atom stereocenters. The molecule has 0 aliphatic heterocycles. The van der Waals surface area contributed by atoms with Gasteiger partial charge in [-0.3, -0.25) is 9.78 Å². The van der Waals surface area contributed by atoms with Gasteiger partial charge in [-0.05, 0) is 24.5 Å². The van der Waals surface area contributed by atoms with Crippen molar-refractivity contribution in [1.29, 1.82) is 0 Å². The van der Waals surface area contributed by atoms with E-state index in [2.05, 4.69) is 10.3 Å². The summed E-state index contributed by atoms with van der Waals surface area (Å²) < 4.78 is 0. The van der Waals surface area contributed by atoms with Crippen molar-refractivity contribution in [2.75, 3.05) is 18.9 Å². The maximum atomic E-state index is 11.5. The molecule has 0 aliphatic rings. The van der Waals surface area contributed by atoms with E-state index in [1.165, 1.54) is 11.8 Å². The lowest BCUT2D eigenvalue weighted by Gasteiger charge is -2.10. The lowest BCUT2D eigenvalue weighted by molar-refractivity contribution is -0.118. The molecule has 2 N–H and O–H groups in total. The van der Waals surface area contributed by atoms with Crippen LogP contribution >= 0.6 is 11.8 Å². The highest BCUT2D eigenvalue weighted by Crippen LogP contribution is 2.15. The summed E-state index contributed by atoms with van der Waals surface area (Å²) in [6, 6.07) is 3.76. The molecule has 0 aromatic carbocycles. The van der Waals surface area contributed by atoms with Crippen molar-refractivity contribution in [2.24, 2.45) is 5.92 Å². The summed E-state index contributed by atoms with van der Waals surface area (Å²) in [5.41, 5.74) is 0. The van der Waals surface area contributed by atoms with Crippen molar-refractivity contribution in [3.63, 3.8) is 0 Å². The van der Waals surface area contributed by atoms with Crippen LogP contribution in [0, 0.1) is 5.92 Å². The van der Waals surface area contributed by atoms with Gasteiger partial charge in [-0.2, -0.15) is 0 Å². The first kappa shape index (κ1) is 14.0. The summed E-state index contributed by atoms with van der Waals surface area (Å²) in [5, 5.41) is 11.6. The number of pyridine rings is 1. The molecule has 1 rings (SSSR count). The number of amides is 1. The van der Waals surface area contributed by atoms with E-state index in [0.29, 0.717) is 18.2 Å². The molecule has 4 nitrogen and oxygen atoms in total. The van der Waals surface area contributed by atoms with E-state index in [9.17, 15) is 4.79 Å². The minimum atomic E-state index is 0.0246. The first-order valence-corrected chi connectivity index (χ1v) is 6.61. The molecule has 0 fully saturated rings. The van der Waals surface area contributed by atoms with E-state index in [4.69, 9.17) is 5.11 Å². The molecule has 0 radical (unpaired) electrons. The molecule has 1 heterocycles. The summed E-state index contributed by atoms with van der Waals surface area (Å²) in [5.74, 6) is 0.752. The first-order chi connectivity index (χ1) is 8.22. The Morgan fingerprint density at radius 1 is 1.53 bits per heavy atom. The smallest absolute Gasteiger partial charge is 0.230 e. The lowest BCUT2D eigenvalue weighted by Crippen LogP contribution is -2.29. The molecule has 17 heavy (non-hydrogen) atoms. The maximum absolute atomic E-state index is 11.5. The molecule has 0 aliphatic carbocycles. The molecule has 0 bridgehead atoms. The molecule has 1 amide bonds. The number of carbonyl (C=O) groups excluding carboxylic acids is 1. The first-order valence-electron chi connectivity index (χ1n) is 5.62. The maximum Gasteiger partial charge on any atom is 0.230 e. The molecule has 94 valence electrons. The van der Waals surface area contributed by atoms with E-state index in [1.54, 1.807) is 12.4 Å². The molecule has 5 heteroatoms. The number of nitrogens with one attached hydrogen (secondary N) is 1. The zero-order chi connectivity index (χ0) is 12.5. The summed E-state index contributed by atoms with van der Waals surface area (Å²) >= 11 is 1.49. The summed E-state index contributed by atoms with van der Waals surface area (Å²) in [7, 11) is 0. The van der Waals surface area contributed by atoms with Crippen LogP contribution in [0.2, 0.25) is 0 Å². The predicted octanol–water partition coefficient (Wildman–Crippen LogP) is 1.31. The van der Waals surface area contributed by atoms with E-state index in [1.807, 2.05) is 19.1 Å². The number of aromatic nitrogens is 1. The quantitative estimate of drug-likeness (QED) is 0.720. The van der Waals surface area contributed by atoms with Crippen LogP contribution in [0.5, 0.6) is 0 Å². The van der Waals surface area contributed by atoms with Gasteiger partial charge in [-0.1, -0.05) is 6.92 Å². The van der Waals surface area contributed by atoms with Crippen molar-refractivity contribution in [3.8, 4) is 0 Å². The average molecular weight is 254 g/mol. The zero-order valence-corrected chi connectivity index (χ0v) is 10.7. The van der Waals surface area contributed by atoms with Crippen molar-refractivity contribution < 1.29 is 9.90 Å². The molecule has 0 saturated carbocycles. The fraction of sp³-hybridized carbons (Fsp3) is 0.500. The molecule has 1 aromatic heterocycles. The third-order valence-corrected chi connectivity index (χ3v) is 3.30. The normalized spacial score (nSPS) is 12.1. The van der Waals surface area contributed by atoms with Crippen LogP contribution in [-0.4, -0.2) is 34.9 Å².